The van der Waals surface area contributed by atoms with Crippen molar-refractivity contribution in [1.29, 1.82) is 5.26 Å². The Bertz CT molecular complexity index is 1150. The quantitative estimate of drug-likeness (QED) is 0.601. The molecule has 2 aliphatic carbocycles. The van der Waals surface area contributed by atoms with Gasteiger partial charge in [0, 0.05) is 4.88 Å². The molecule has 6 heteroatoms. The number of thiophene rings is 1. The van der Waals surface area contributed by atoms with Crippen molar-refractivity contribution in [2.75, 3.05) is 5.32 Å². The summed E-state index contributed by atoms with van der Waals surface area (Å²) in [5.74, 6) is 1.29. The van der Waals surface area contributed by atoms with Gasteiger partial charge in [-0.05, 0) is 85.9 Å². The highest BCUT2D eigenvalue weighted by Gasteiger charge is 2.23. The van der Waals surface area contributed by atoms with Crippen molar-refractivity contribution in [2.24, 2.45) is 0 Å². The predicted octanol–water partition coefficient (Wildman–Crippen LogP) is 5.41. The first-order valence-electron chi connectivity index (χ1n) is 10.4. The van der Waals surface area contributed by atoms with Gasteiger partial charge in [0.05, 0.1) is 5.56 Å². The molecule has 2 aromatic heterocycles. The van der Waals surface area contributed by atoms with E-state index in [-0.39, 0.29) is 18.3 Å². The Morgan fingerprint density at radius 2 is 1.97 bits per heavy atom. The smallest absolute Gasteiger partial charge is 0.292 e. The maximum atomic E-state index is 12.7. The van der Waals surface area contributed by atoms with Crippen molar-refractivity contribution in [3.63, 3.8) is 0 Å². The standard InChI is InChI=1S/C24H22N2O3S/c25-13-20-19-6-1-2-7-22(19)30-24(20)26-23(27)21-11-10-18(29-21)14-28-17-9-8-15-4-3-5-16(15)12-17/h8-12H,1-7,14H2,(H,26,27). The highest BCUT2D eigenvalue weighted by atomic mass is 32.1. The van der Waals surface area contributed by atoms with Crippen LogP contribution < -0.4 is 10.1 Å². The number of furan rings is 1. The molecule has 0 atom stereocenters. The predicted molar refractivity (Wildman–Crippen MR) is 115 cm³/mol. The SMILES string of the molecule is N#Cc1c(NC(=O)c2ccc(COc3ccc4c(c3)CCC4)o2)sc2c1CCCC2. The number of amides is 1. The van der Waals surface area contributed by atoms with E-state index in [1.54, 1.807) is 12.1 Å². The number of carbonyl (C=O) groups excluding carboxylic acids is 1. The van der Waals surface area contributed by atoms with Crippen LogP contribution in [-0.2, 0) is 32.3 Å². The highest BCUT2D eigenvalue weighted by Crippen LogP contribution is 2.37. The molecule has 2 aliphatic rings. The molecule has 0 radical (unpaired) electrons. The molecular weight excluding hydrogens is 396 g/mol. The summed E-state index contributed by atoms with van der Waals surface area (Å²) in [6, 6.07) is 11.9. The lowest BCUT2D eigenvalue weighted by atomic mass is 9.96. The molecule has 30 heavy (non-hydrogen) atoms. The fraction of sp³-hybridized carbons (Fsp3) is 0.333. The molecule has 1 amide bonds. The Labute approximate surface area is 179 Å². The van der Waals surface area contributed by atoms with Gasteiger partial charge in [0.15, 0.2) is 5.76 Å². The van der Waals surface area contributed by atoms with E-state index in [0.29, 0.717) is 16.3 Å². The van der Waals surface area contributed by atoms with E-state index in [0.717, 1.165) is 49.8 Å². The van der Waals surface area contributed by atoms with E-state index in [1.807, 2.05) is 6.07 Å². The number of fused-ring (bicyclic) bond motifs is 2. The zero-order valence-electron chi connectivity index (χ0n) is 16.6. The molecule has 0 bridgehead atoms. The van der Waals surface area contributed by atoms with Crippen molar-refractivity contribution in [1.82, 2.24) is 0 Å². The van der Waals surface area contributed by atoms with Crippen molar-refractivity contribution in [3.05, 3.63) is 69.0 Å². The summed E-state index contributed by atoms with van der Waals surface area (Å²) in [4.78, 5) is 13.9. The number of nitrogens with zero attached hydrogens (tertiary/aromatic N) is 1. The monoisotopic (exact) mass is 418 g/mol. The number of hydrogen-bond donors (Lipinski definition) is 1. The van der Waals surface area contributed by atoms with Gasteiger partial charge in [-0.1, -0.05) is 6.07 Å². The first-order chi connectivity index (χ1) is 14.7. The molecule has 5 rings (SSSR count). The third-order valence-electron chi connectivity index (χ3n) is 5.85. The van der Waals surface area contributed by atoms with Crippen LogP contribution in [0, 0.1) is 11.3 Å². The van der Waals surface area contributed by atoms with Crippen molar-refractivity contribution in [3.8, 4) is 11.8 Å². The summed E-state index contributed by atoms with van der Waals surface area (Å²) < 4.78 is 11.5. The van der Waals surface area contributed by atoms with Crippen LogP contribution in [0.5, 0.6) is 5.75 Å². The summed E-state index contributed by atoms with van der Waals surface area (Å²) in [6.07, 6.45) is 7.58. The Kier molecular flexibility index (Phi) is 5.06. The topological polar surface area (TPSA) is 75.3 Å². The normalized spacial score (nSPS) is 14.6. The largest absolute Gasteiger partial charge is 0.486 e. The third-order valence-corrected chi connectivity index (χ3v) is 7.05. The summed E-state index contributed by atoms with van der Waals surface area (Å²) in [5, 5.41) is 13.1. The van der Waals surface area contributed by atoms with E-state index in [9.17, 15) is 10.1 Å². The minimum absolute atomic E-state index is 0.220. The molecule has 1 N–H and O–H groups in total. The van der Waals surface area contributed by atoms with E-state index in [1.165, 1.54) is 33.8 Å². The number of aryl methyl sites for hydroxylation is 3. The van der Waals surface area contributed by atoms with Crippen molar-refractivity contribution in [2.45, 2.75) is 51.6 Å². The molecule has 0 spiro atoms. The van der Waals surface area contributed by atoms with Gasteiger partial charge in [0.2, 0.25) is 0 Å². The van der Waals surface area contributed by atoms with E-state index in [4.69, 9.17) is 9.15 Å². The molecule has 0 aliphatic heterocycles. The number of carbonyl (C=O) groups is 1. The summed E-state index contributed by atoms with van der Waals surface area (Å²) >= 11 is 1.51. The second-order valence-corrected chi connectivity index (χ2v) is 8.92. The minimum atomic E-state index is -0.339. The lowest BCUT2D eigenvalue weighted by Crippen LogP contribution is -2.11. The second-order valence-electron chi connectivity index (χ2n) is 7.82. The fourth-order valence-electron chi connectivity index (χ4n) is 4.31. The number of nitriles is 1. The average Bonchev–Trinajstić information content (AvgIpc) is 3.49. The molecule has 0 saturated heterocycles. The Morgan fingerprint density at radius 1 is 1.10 bits per heavy atom. The number of hydrogen-bond acceptors (Lipinski definition) is 5. The van der Waals surface area contributed by atoms with Crippen LogP contribution in [0.25, 0.3) is 0 Å². The van der Waals surface area contributed by atoms with Gasteiger partial charge < -0.3 is 14.5 Å². The lowest BCUT2D eigenvalue weighted by molar-refractivity contribution is 0.0993. The maximum Gasteiger partial charge on any atom is 0.292 e. The number of anilines is 1. The van der Waals surface area contributed by atoms with Crippen LogP contribution >= 0.6 is 11.3 Å². The first-order valence-corrected chi connectivity index (χ1v) is 11.2. The van der Waals surface area contributed by atoms with Crippen molar-refractivity contribution < 1.29 is 13.9 Å². The minimum Gasteiger partial charge on any atom is -0.486 e. The number of nitrogens with one attached hydrogen (secondary N) is 1. The molecule has 1 aromatic carbocycles. The summed E-state index contributed by atoms with van der Waals surface area (Å²) in [6.45, 7) is 0.267. The van der Waals surface area contributed by atoms with Crippen LogP contribution in [0.1, 0.15) is 62.7 Å². The van der Waals surface area contributed by atoms with Gasteiger partial charge in [0.25, 0.3) is 5.91 Å². The fourth-order valence-corrected chi connectivity index (χ4v) is 5.54. The summed E-state index contributed by atoms with van der Waals surface area (Å²) in [7, 11) is 0. The van der Waals surface area contributed by atoms with Gasteiger partial charge in [-0.3, -0.25) is 4.79 Å². The van der Waals surface area contributed by atoms with E-state index < -0.39 is 0 Å². The van der Waals surface area contributed by atoms with Gasteiger partial charge in [-0.2, -0.15) is 5.26 Å². The van der Waals surface area contributed by atoms with E-state index >= 15 is 0 Å². The van der Waals surface area contributed by atoms with Crippen LogP contribution in [0.2, 0.25) is 0 Å². The van der Waals surface area contributed by atoms with Gasteiger partial charge >= 0.3 is 0 Å². The molecule has 3 aromatic rings. The number of ether oxygens (including phenoxy) is 1. The Balaban J connectivity index is 1.25. The number of rotatable bonds is 5. The second kappa shape index (κ2) is 8.00. The molecule has 152 valence electrons. The van der Waals surface area contributed by atoms with Gasteiger partial charge in [0.1, 0.15) is 29.2 Å². The van der Waals surface area contributed by atoms with Crippen LogP contribution in [0.4, 0.5) is 5.00 Å². The first kappa shape index (κ1) is 19.0. The Morgan fingerprint density at radius 3 is 2.87 bits per heavy atom. The lowest BCUT2D eigenvalue weighted by Gasteiger charge is -2.09. The molecule has 5 nitrogen and oxygen atoms in total. The van der Waals surface area contributed by atoms with Crippen molar-refractivity contribution >= 4 is 22.2 Å². The molecular formula is C24H22N2O3S. The zero-order chi connectivity index (χ0) is 20.5. The van der Waals surface area contributed by atoms with Crippen LogP contribution in [-0.4, -0.2) is 5.91 Å². The third kappa shape index (κ3) is 3.61. The summed E-state index contributed by atoms with van der Waals surface area (Å²) in [5.41, 5.74) is 4.48. The average molecular weight is 419 g/mol. The Hall–Kier alpha value is -3.04. The van der Waals surface area contributed by atoms with Crippen LogP contribution in [0.3, 0.4) is 0 Å². The molecule has 0 unspecified atom stereocenters. The maximum absolute atomic E-state index is 12.7. The molecule has 0 fully saturated rings. The molecule has 2 heterocycles. The van der Waals surface area contributed by atoms with Crippen LogP contribution in [0.15, 0.2) is 34.7 Å². The van der Waals surface area contributed by atoms with Gasteiger partial charge in [-0.15, -0.1) is 11.3 Å². The highest BCUT2D eigenvalue weighted by molar-refractivity contribution is 7.16. The van der Waals surface area contributed by atoms with Gasteiger partial charge in [-0.25, -0.2) is 0 Å². The molecule has 0 saturated carbocycles. The van der Waals surface area contributed by atoms with E-state index in [2.05, 4.69) is 23.5 Å². The zero-order valence-corrected chi connectivity index (χ0v) is 17.4. The number of benzene rings is 1.